The molecule has 0 N–H and O–H groups in total. The maximum atomic E-state index is 11.9. The van der Waals surface area contributed by atoms with Gasteiger partial charge in [-0.15, -0.1) is 0 Å². The summed E-state index contributed by atoms with van der Waals surface area (Å²) in [5.74, 6) is 0.736. The lowest BCUT2D eigenvalue weighted by atomic mass is 9.79. The zero-order valence-electron chi connectivity index (χ0n) is 9.36. The van der Waals surface area contributed by atoms with Crippen molar-refractivity contribution in [2.75, 3.05) is 0 Å². The second kappa shape index (κ2) is 3.64. The van der Waals surface area contributed by atoms with Gasteiger partial charge in [-0.25, -0.2) is 0 Å². The van der Waals surface area contributed by atoms with Gasteiger partial charge in [0.15, 0.2) is 5.78 Å². The molecule has 1 atom stereocenters. The molecule has 0 spiro atoms. The summed E-state index contributed by atoms with van der Waals surface area (Å²) in [6, 6.07) is 1.98. The average Bonchev–Trinajstić information content (AvgIpc) is 2.18. The number of rotatable bonds is 0. The summed E-state index contributed by atoms with van der Waals surface area (Å²) in [6.45, 7) is 6.17. The van der Waals surface area contributed by atoms with E-state index in [9.17, 15) is 4.79 Å². The molecule has 0 amide bonds. The largest absolute Gasteiger partial charge is 0.294 e. The van der Waals surface area contributed by atoms with Crippen LogP contribution in [-0.2, 0) is 0 Å². The van der Waals surface area contributed by atoms with Crippen molar-refractivity contribution in [3.63, 3.8) is 0 Å². The Bertz CT molecular complexity index is 435. The van der Waals surface area contributed by atoms with E-state index in [0.717, 1.165) is 23.1 Å². The van der Waals surface area contributed by atoms with Gasteiger partial charge in [0, 0.05) is 17.0 Å². The van der Waals surface area contributed by atoms with Crippen LogP contribution < -0.4 is 0 Å². The molecule has 1 nitrogen and oxygen atoms in total. The van der Waals surface area contributed by atoms with Crippen LogP contribution in [0.3, 0.4) is 0 Å². The first kappa shape index (κ1) is 10.7. The molecule has 2 rings (SSSR count). The molecule has 1 aliphatic carbocycles. The van der Waals surface area contributed by atoms with Gasteiger partial charge < -0.3 is 0 Å². The molecule has 0 bridgehead atoms. The van der Waals surface area contributed by atoms with Crippen LogP contribution in [0.2, 0.25) is 5.02 Å². The molecule has 0 fully saturated rings. The van der Waals surface area contributed by atoms with Crippen LogP contribution in [0, 0.1) is 13.8 Å². The third kappa shape index (κ3) is 1.59. The molecule has 1 aliphatic rings. The van der Waals surface area contributed by atoms with E-state index in [-0.39, 0.29) is 5.78 Å². The lowest BCUT2D eigenvalue weighted by Gasteiger charge is -2.25. The monoisotopic (exact) mass is 222 g/mol. The Morgan fingerprint density at radius 2 is 2.07 bits per heavy atom. The highest BCUT2D eigenvalue weighted by molar-refractivity contribution is 6.32. The van der Waals surface area contributed by atoms with Crippen molar-refractivity contribution in [3.05, 3.63) is 33.3 Å². The first-order chi connectivity index (χ1) is 7.02. The first-order valence-electron chi connectivity index (χ1n) is 5.35. The Balaban J connectivity index is 2.76. The van der Waals surface area contributed by atoms with Gasteiger partial charge in [0.25, 0.3) is 0 Å². The molecule has 2 heteroatoms. The van der Waals surface area contributed by atoms with Crippen LogP contribution in [-0.4, -0.2) is 5.78 Å². The topological polar surface area (TPSA) is 17.1 Å². The molecule has 15 heavy (non-hydrogen) atoms. The minimum Gasteiger partial charge on any atom is -0.294 e. The van der Waals surface area contributed by atoms with Gasteiger partial charge in [-0.1, -0.05) is 18.5 Å². The fraction of sp³-hybridized carbons (Fsp3) is 0.462. The third-order valence-electron chi connectivity index (χ3n) is 3.35. The summed E-state index contributed by atoms with van der Waals surface area (Å²) in [6.07, 6.45) is 1.63. The number of carbonyl (C=O) groups excluding carboxylic acids is 1. The van der Waals surface area contributed by atoms with E-state index in [2.05, 4.69) is 6.92 Å². The fourth-order valence-electron chi connectivity index (χ4n) is 2.51. The van der Waals surface area contributed by atoms with E-state index in [4.69, 9.17) is 11.6 Å². The zero-order chi connectivity index (χ0) is 11.2. The lowest BCUT2D eigenvalue weighted by molar-refractivity contribution is 0.0967. The Morgan fingerprint density at radius 3 is 2.73 bits per heavy atom. The smallest absolute Gasteiger partial charge is 0.163 e. The van der Waals surface area contributed by atoms with Crippen molar-refractivity contribution in [1.82, 2.24) is 0 Å². The fourth-order valence-corrected chi connectivity index (χ4v) is 2.76. The Hall–Kier alpha value is -0.820. The molecule has 0 aromatic heterocycles. The number of aryl methyl sites for hydroxylation is 1. The van der Waals surface area contributed by atoms with Crippen LogP contribution in [0.4, 0.5) is 0 Å². The van der Waals surface area contributed by atoms with E-state index in [1.807, 2.05) is 19.9 Å². The zero-order valence-corrected chi connectivity index (χ0v) is 10.1. The van der Waals surface area contributed by atoms with E-state index in [0.29, 0.717) is 17.4 Å². The predicted octanol–water partition coefficient (Wildman–Crippen LogP) is 4.04. The molecular weight excluding hydrogens is 208 g/mol. The van der Waals surface area contributed by atoms with Crippen LogP contribution in [0.15, 0.2) is 6.07 Å². The average molecular weight is 223 g/mol. The molecule has 1 unspecified atom stereocenters. The number of halogens is 1. The van der Waals surface area contributed by atoms with E-state index in [1.54, 1.807) is 0 Å². The number of fused-ring (bicyclic) bond motifs is 1. The third-order valence-corrected chi connectivity index (χ3v) is 3.74. The van der Waals surface area contributed by atoms with Crippen molar-refractivity contribution in [1.29, 1.82) is 0 Å². The van der Waals surface area contributed by atoms with E-state index >= 15 is 0 Å². The number of hydrogen-bond acceptors (Lipinski definition) is 1. The van der Waals surface area contributed by atoms with Gasteiger partial charge in [0.2, 0.25) is 0 Å². The van der Waals surface area contributed by atoms with Crippen molar-refractivity contribution >= 4 is 17.4 Å². The summed E-state index contributed by atoms with van der Waals surface area (Å²) >= 11 is 6.11. The highest BCUT2D eigenvalue weighted by atomic mass is 35.5. The lowest BCUT2D eigenvalue weighted by Crippen LogP contribution is -2.17. The second-order valence-corrected chi connectivity index (χ2v) is 4.86. The number of carbonyl (C=O) groups is 1. The normalized spacial score (nSPS) is 20.3. The van der Waals surface area contributed by atoms with Crippen LogP contribution in [0.25, 0.3) is 0 Å². The van der Waals surface area contributed by atoms with Gasteiger partial charge in [-0.2, -0.15) is 0 Å². The van der Waals surface area contributed by atoms with Crippen molar-refractivity contribution in [2.24, 2.45) is 0 Å². The van der Waals surface area contributed by atoms with Crippen molar-refractivity contribution < 1.29 is 4.79 Å². The van der Waals surface area contributed by atoms with Crippen LogP contribution >= 0.6 is 11.6 Å². The summed E-state index contributed by atoms with van der Waals surface area (Å²) in [4.78, 5) is 11.9. The number of ketones is 1. The van der Waals surface area contributed by atoms with Crippen LogP contribution in [0.1, 0.15) is 52.7 Å². The van der Waals surface area contributed by atoms with Gasteiger partial charge in [0.05, 0.1) is 0 Å². The highest BCUT2D eigenvalue weighted by Crippen LogP contribution is 2.37. The molecule has 0 saturated heterocycles. The summed E-state index contributed by atoms with van der Waals surface area (Å²) in [5.41, 5.74) is 4.21. The SMILES string of the molecule is Cc1cc(Cl)c(C)c2c1C(C)CCC2=O. The highest BCUT2D eigenvalue weighted by Gasteiger charge is 2.26. The maximum absolute atomic E-state index is 11.9. The Morgan fingerprint density at radius 1 is 1.40 bits per heavy atom. The van der Waals surface area contributed by atoms with Gasteiger partial charge in [-0.3, -0.25) is 4.79 Å². The Kier molecular flexibility index (Phi) is 2.59. The molecule has 0 aliphatic heterocycles. The van der Waals surface area contributed by atoms with Crippen molar-refractivity contribution in [3.8, 4) is 0 Å². The summed E-state index contributed by atoms with van der Waals surface area (Å²) < 4.78 is 0. The number of Topliss-reactive ketones (excluding diaryl/α,β-unsaturated/α-hetero) is 1. The number of benzene rings is 1. The molecule has 0 radical (unpaired) electrons. The number of hydrogen-bond donors (Lipinski definition) is 0. The second-order valence-electron chi connectivity index (χ2n) is 4.45. The van der Waals surface area contributed by atoms with Crippen LogP contribution in [0.5, 0.6) is 0 Å². The summed E-state index contributed by atoms with van der Waals surface area (Å²) in [5, 5.41) is 0.716. The first-order valence-corrected chi connectivity index (χ1v) is 5.73. The molecule has 0 saturated carbocycles. The minimum atomic E-state index is 0.256. The molecule has 1 aromatic carbocycles. The molecule has 0 heterocycles. The maximum Gasteiger partial charge on any atom is 0.163 e. The van der Waals surface area contributed by atoms with E-state index < -0.39 is 0 Å². The molecule has 1 aromatic rings. The van der Waals surface area contributed by atoms with E-state index in [1.165, 1.54) is 5.56 Å². The minimum absolute atomic E-state index is 0.256. The molecule has 80 valence electrons. The van der Waals surface area contributed by atoms with Gasteiger partial charge >= 0.3 is 0 Å². The standard InChI is InChI=1S/C13H15ClO/c1-7-4-5-11(15)13-9(3)10(14)6-8(2)12(7)13/h6-7H,4-5H2,1-3H3. The molecular formula is C13H15ClO. The summed E-state index contributed by atoms with van der Waals surface area (Å²) in [7, 11) is 0. The quantitative estimate of drug-likeness (QED) is 0.648. The van der Waals surface area contributed by atoms with Gasteiger partial charge in [-0.05, 0) is 48.9 Å². The Labute approximate surface area is 95.4 Å². The van der Waals surface area contributed by atoms with Crippen molar-refractivity contribution in [2.45, 2.75) is 39.5 Å². The van der Waals surface area contributed by atoms with Gasteiger partial charge in [0.1, 0.15) is 0 Å². The predicted molar refractivity (Wildman–Crippen MR) is 62.9 cm³/mol.